The number of carbonyl (C=O) groups excluding carboxylic acids is 1. The summed E-state index contributed by atoms with van der Waals surface area (Å²) in [6.07, 6.45) is 0.481. The molecule has 1 aromatic heterocycles. The molecule has 0 spiro atoms. The maximum absolute atomic E-state index is 11.0. The Bertz CT molecular complexity index is 673. The predicted molar refractivity (Wildman–Crippen MR) is 74.2 cm³/mol. The molecule has 7 nitrogen and oxygen atoms in total. The van der Waals surface area contributed by atoms with E-state index in [0.29, 0.717) is 23.3 Å². The molecule has 2 N–H and O–H groups in total. The molecule has 0 fully saturated rings. The van der Waals surface area contributed by atoms with Gasteiger partial charge in [-0.05, 0) is 24.6 Å². The summed E-state index contributed by atoms with van der Waals surface area (Å²) in [5.41, 5.74) is 6.17. The molecule has 1 aliphatic heterocycles. The number of nitrogens with two attached hydrogens (primary N) is 1. The molecule has 0 radical (unpaired) electrons. The summed E-state index contributed by atoms with van der Waals surface area (Å²) in [5.74, 6) is 1.49. The van der Waals surface area contributed by atoms with Gasteiger partial charge in [-0.2, -0.15) is 0 Å². The summed E-state index contributed by atoms with van der Waals surface area (Å²) in [7, 11) is 0. The number of fused-ring (bicyclic) bond motifs is 1. The molecular weight excluding hydrogens is 294 g/mol. The van der Waals surface area contributed by atoms with Gasteiger partial charge < -0.3 is 19.6 Å². The smallest absolute Gasteiger partial charge is 0.277 e. The van der Waals surface area contributed by atoms with Crippen molar-refractivity contribution < 1.29 is 18.7 Å². The fourth-order valence-electron chi connectivity index (χ4n) is 1.79. The normalized spacial score (nSPS) is 14.1. The highest BCUT2D eigenvalue weighted by Gasteiger charge is 2.17. The number of rotatable bonds is 5. The van der Waals surface area contributed by atoms with Crippen LogP contribution in [0.15, 0.2) is 27.8 Å². The first kappa shape index (κ1) is 13.7. The monoisotopic (exact) mass is 307 g/mol. The Morgan fingerprint density at radius 3 is 3.00 bits per heavy atom. The van der Waals surface area contributed by atoms with Crippen LogP contribution in [0.2, 0.25) is 0 Å². The Kier molecular flexibility index (Phi) is 3.70. The number of nitrogens with zero attached hydrogens (tertiary/aromatic N) is 2. The van der Waals surface area contributed by atoms with Crippen LogP contribution in [0.5, 0.6) is 11.5 Å². The van der Waals surface area contributed by atoms with Crippen molar-refractivity contribution in [2.45, 2.75) is 23.8 Å². The van der Waals surface area contributed by atoms with Gasteiger partial charge in [-0.15, -0.1) is 10.2 Å². The number of primary amides is 1. The molecule has 2 heterocycles. The average Bonchev–Trinajstić information content (AvgIpc) is 3.07. The van der Waals surface area contributed by atoms with E-state index in [1.807, 2.05) is 18.2 Å². The molecule has 1 amide bonds. The highest BCUT2D eigenvalue weighted by atomic mass is 32.2. The zero-order valence-corrected chi connectivity index (χ0v) is 12.1. The van der Waals surface area contributed by atoms with Gasteiger partial charge in [0.1, 0.15) is 0 Å². The van der Waals surface area contributed by atoms with Crippen molar-refractivity contribution in [1.82, 2.24) is 10.2 Å². The quantitative estimate of drug-likeness (QED) is 0.832. The lowest BCUT2D eigenvalue weighted by atomic mass is 10.1. The van der Waals surface area contributed by atoms with Crippen molar-refractivity contribution in [1.29, 1.82) is 0 Å². The molecule has 0 bridgehead atoms. The number of carbonyl (C=O) groups is 1. The second-order valence-corrected chi connectivity index (χ2v) is 5.78. The standard InChI is InChI=1S/C13H13N3O4S/c1-7(12(14)17)21-13-16-15-11(20-13)5-8-2-3-9-10(4-8)19-6-18-9/h2-4,7H,5-6H2,1H3,(H2,14,17)/t7-/m0/s1. The molecule has 0 saturated carbocycles. The predicted octanol–water partition coefficient (Wildman–Crippen LogP) is 1.35. The third kappa shape index (κ3) is 3.10. The van der Waals surface area contributed by atoms with Crippen LogP contribution >= 0.6 is 11.8 Å². The maximum Gasteiger partial charge on any atom is 0.277 e. The molecule has 8 heteroatoms. The summed E-state index contributed by atoms with van der Waals surface area (Å²) >= 11 is 1.14. The van der Waals surface area contributed by atoms with Crippen molar-refractivity contribution in [3.05, 3.63) is 29.7 Å². The van der Waals surface area contributed by atoms with E-state index >= 15 is 0 Å². The molecule has 0 unspecified atom stereocenters. The second kappa shape index (κ2) is 5.65. The highest BCUT2D eigenvalue weighted by Crippen LogP contribution is 2.33. The van der Waals surface area contributed by atoms with Crippen LogP contribution in [0, 0.1) is 0 Å². The van der Waals surface area contributed by atoms with Crippen LogP contribution in [0.4, 0.5) is 0 Å². The molecule has 110 valence electrons. The Labute approximate surface area is 124 Å². The van der Waals surface area contributed by atoms with Gasteiger partial charge in [0, 0.05) is 0 Å². The topological polar surface area (TPSA) is 100 Å². The van der Waals surface area contributed by atoms with Gasteiger partial charge in [0.2, 0.25) is 18.6 Å². The zero-order chi connectivity index (χ0) is 14.8. The van der Waals surface area contributed by atoms with E-state index in [2.05, 4.69) is 10.2 Å². The van der Waals surface area contributed by atoms with Gasteiger partial charge in [0.05, 0.1) is 11.7 Å². The molecule has 3 rings (SSSR count). The lowest BCUT2D eigenvalue weighted by Gasteiger charge is -2.01. The minimum Gasteiger partial charge on any atom is -0.454 e. The van der Waals surface area contributed by atoms with Crippen molar-refractivity contribution in [2.75, 3.05) is 6.79 Å². The van der Waals surface area contributed by atoms with Gasteiger partial charge in [0.25, 0.3) is 5.22 Å². The van der Waals surface area contributed by atoms with Crippen LogP contribution < -0.4 is 15.2 Å². The summed E-state index contributed by atoms with van der Waals surface area (Å²) in [5, 5.41) is 7.76. The van der Waals surface area contributed by atoms with Crippen molar-refractivity contribution in [3.63, 3.8) is 0 Å². The Balaban J connectivity index is 1.68. The number of amides is 1. The Morgan fingerprint density at radius 1 is 1.38 bits per heavy atom. The lowest BCUT2D eigenvalue weighted by molar-refractivity contribution is -0.117. The van der Waals surface area contributed by atoms with Gasteiger partial charge in [-0.1, -0.05) is 17.8 Å². The van der Waals surface area contributed by atoms with Crippen LogP contribution in [-0.2, 0) is 11.2 Å². The molecule has 2 aromatic rings. The third-order valence-electron chi connectivity index (χ3n) is 2.92. The molecule has 21 heavy (non-hydrogen) atoms. The van der Waals surface area contributed by atoms with E-state index in [1.54, 1.807) is 6.92 Å². The van der Waals surface area contributed by atoms with Crippen molar-refractivity contribution >= 4 is 17.7 Å². The first-order valence-corrected chi connectivity index (χ1v) is 7.16. The van der Waals surface area contributed by atoms with E-state index in [1.165, 1.54) is 0 Å². The van der Waals surface area contributed by atoms with Crippen LogP contribution in [0.1, 0.15) is 18.4 Å². The summed E-state index contributed by atoms with van der Waals surface area (Å²) in [6.45, 7) is 1.93. The summed E-state index contributed by atoms with van der Waals surface area (Å²) in [6, 6.07) is 5.64. The van der Waals surface area contributed by atoms with Gasteiger partial charge in [-0.3, -0.25) is 4.79 Å². The number of thioether (sulfide) groups is 1. The molecule has 0 saturated heterocycles. The first-order valence-electron chi connectivity index (χ1n) is 6.28. The van der Waals surface area contributed by atoms with E-state index in [9.17, 15) is 4.79 Å². The van der Waals surface area contributed by atoms with E-state index in [4.69, 9.17) is 19.6 Å². The van der Waals surface area contributed by atoms with Crippen molar-refractivity contribution in [3.8, 4) is 11.5 Å². The minimum atomic E-state index is -0.421. The van der Waals surface area contributed by atoms with Gasteiger partial charge in [0.15, 0.2) is 11.5 Å². The van der Waals surface area contributed by atoms with Crippen LogP contribution in [-0.4, -0.2) is 28.1 Å². The second-order valence-electron chi connectivity index (χ2n) is 4.49. The number of ether oxygens (including phenoxy) is 2. The van der Waals surface area contributed by atoms with E-state index in [0.717, 1.165) is 23.1 Å². The van der Waals surface area contributed by atoms with Crippen LogP contribution in [0.25, 0.3) is 0 Å². The van der Waals surface area contributed by atoms with Crippen LogP contribution in [0.3, 0.4) is 0 Å². The molecule has 1 aliphatic rings. The van der Waals surface area contributed by atoms with Crippen molar-refractivity contribution in [2.24, 2.45) is 5.73 Å². The van der Waals surface area contributed by atoms with E-state index in [-0.39, 0.29) is 6.79 Å². The fourth-order valence-corrected chi connectivity index (χ4v) is 2.44. The third-order valence-corrected chi connectivity index (χ3v) is 3.87. The minimum absolute atomic E-state index is 0.241. The SMILES string of the molecule is C[C@H](Sc1nnc(Cc2ccc3c(c2)OCO3)o1)C(N)=O. The number of hydrogen-bond donors (Lipinski definition) is 1. The number of aromatic nitrogens is 2. The lowest BCUT2D eigenvalue weighted by Crippen LogP contribution is -2.22. The largest absolute Gasteiger partial charge is 0.454 e. The van der Waals surface area contributed by atoms with Gasteiger partial charge >= 0.3 is 0 Å². The molecule has 0 aliphatic carbocycles. The molecule has 1 atom stereocenters. The molecular formula is C13H13N3O4S. The summed E-state index contributed by atoms with van der Waals surface area (Å²) in [4.78, 5) is 11.0. The van der Waals surface area contributed by atoms with Gasteiger partial charge in [-0.25, -0.2) is 0 Å². The number of hydrogen-bond acceptors (Lipinski definition) is 7. The Hall–Kier alpha value is -2.22. The number of benzene rings is 1. The summed E-state index contributed by atoms with van der Waals surface area (Å²) < 4.78 is 16.1. The average molecular weight is 307 g/mol. The Morgan fingerprint density at radius 2 is 2.19 bits per heavy atom. The van der Waals surface area contributed by atoms with E-state index < -0.39 is 11.2 Å². The maximum atomic E-state index is 11.0. The molecule has 1 aromatic carbocycles. The highest BCUT2D eigenvalue weighted by molar-refractivity contribution is 8.00. The first-order chi connectivity index (χ1) is 10.1. The zero-order valence-electron chi connectivity index (χ0n) is 11.2. The fraction of sp³-hybridized carbons (Fsp3) is 0.308.